The van der Waals surface area contributed by atoms with Crippen molar-refractivity contribution < 1.29 is 9.69 Å². The fraction of sp³-hybridized carbons (Fsp3) is 0.217. The lowest BCUT2D eigenvalue weighted by molar-refractivity contribution is -0.909. The van der Waals surface area contributed by atoms with Gasteiger partial charge in [-0.25, -0.2) is 4.98 Å². The molecule has 1 aliphatic heterocycles. The minimum absolute atomic E-state index is 0.0205. The molecule has 142 valence electrons. The standard InChI is InChI=1S/C23H23N3OS/c1-18(27)26(22-10-6-3-7-11-22)23-24-21(17-28-23)16-25-14-12-20(13-15-25)19-8-4-2-5-9-19/h2-12,17H,13-16H2,1H3/p+1. The number of thiazole rings is 1. The lowest BCUT2D eigenvalue weighted by Gasteiger charge is -2.23. The number of hydrogen-bond donors (Lipinski definition) is 1. The molecule has 28 heavy (non-hydrogen) atoms. The van der Waals surface area contributed by atoms with E-state index in [1.165, 1.54) is 27.4 Å². The van der Waals surface area contributed by atoms with Crippen LogP contribution in [-0.4, -0.2) is 24.0 Å². The first-order chi connectivity index (χ1) is 13.7. The van der Waals surface area contributed by atoms with Crippen molar-refractivity contribution in [1.82, 2.24) is 4.98 Å². The maximum atomic E-state index is 12.2. The number of amides is 1. The quantitative estimate of drug-likeness (QED) is 0.721. The molecule has 0 saturated carbocycles. The Morgan fingerprint density at radius 1 is 1.11 bits per heavy atom. The summed E-state index contributed by atoms with van der Waals surface area (Å²) in [6.07, 6.45) is 3.44. The van der Waals surface area contributed by atoms with Crippen LogP contribution in [-0.2, 0) is 11.3 Å². The molecule has 1 aliphatic rings. The van der Waals surface area contributed by atoms with Gasteiger partial charge < -0.3 is 4.90 Å². The lowest BCUT2D eigenvalue weighted by Crippen LogP contribution is -3.11. The first-order valence-corrected chi connectivity index (χ1v) is 10.5. The molecule has 1 amide bonds. The zero-order valence-corrected chi connectivity index (χ0v) is 16.8. The van der Waals surface area contributed by atoms with Gasteiger partial charge in [0, 0.05) is 18.7 Å². The van der Waals surface area contributed by atoms with E-state index in [-0.39, 0.29) is 5.91 Å². The SMILES string of the molecule is CC(=O)N(c1ccccc1)c1nc(C[NH+]2CC=C(c3ccccc3)CC2)cs1. The van der Waals surface area contributed by atoms with Crippen LogP contribution in [0.2, 0.25) is 0 Å². The van der Waals surface area contributed by atoms with E-state index in [1.807, 2.05) is 30.3 Å². The highest BCUT2D eigenvalue weighted by Gasteiger charge is 2.21. The Bertz CT molecular complexity index is 966. The van der Waals surface area contributed by atoms with Crippen LogP contribution in [0.25, 0.3) is 5.57 Å². The third kappa shape index (κ3) is 4.21. The summed E-state index contributed by atoms with van der Waals surface area (Å²) in [5.74, 6) is -0.0205. The monoisotopic (exact) mass is 390 g/mol. The maximum Gasteiger partial charge on any atom is 0.230 e. The molecular formula is C23H24N3OS+. The highest BCUT2D eigenvalue weighted by atomic mass is 32.1. The minimum Gasteiger partial charge on any atom is -0.326 e. The van der Waals surface area contributed by atoms with E-state index < -0.39 is 0 Å². The van der Waals surface area contributed by atoms with Gasteiger partial charge in [0.2, 0.25) is 5.91 Å². The summed E-state index contributed by atoms with van der Waals surface area (Å²) in [7, 11) is 0. The van der Waals surface area contributed by atoms with E-state index in [9.17, 15) is 4.79 Å². The zero-order chi connectivity index (χ0) is 19.3. The minimum atomic E-state index is -0.0205. The molecule has 3 aromatic rings. The maximum absolute atomic E-state index is 12.2. The van der Waals surface area contributed by atoms with E-state index in [1.54, 1.807) is 11.8 Å². The van der Waals surface area contributed by atoms with Crippen LogP contribution in [0.4, 0.5) is 10.8 Å². The van der Waals surface area contributed by atoms with Crippen molar-refractivity contribution in [2.75, 3.05) is 18.0 Å². The second-order valence-corrected chi connectivity index (χ2v) is 7.87. The Kier molecular flexibility index (Phi) is 5.65. The van der Waals surface area contributed by atoms with E-state index in [2.05, 4.69) is 41.8 Å². The topological polar surface area (TPSA) is 37.6 Å². The van der Waals surface area contributed by atoms with Crippen LogP contribution < -0.4 is 9.80 Å². The summed E-state index contributed by atoms with van der Waals surface area (Å²) in [6.45, 7) is 4.57. The predicted molar refractivity (Wildman–Crippen MR) is 115 cm³/mol. The van der Waals surface area contributed by atoms with Crippen molar-refractivity contribution in [3.63, 3.8) is 0 Å². The van der Waals surface area contributed by atoms with Gasteiger partial charge in [-0.3, -0.25) is 9.69 Å². The third-order valence-corrected chi connectivity index (χ3v) is 5.90. The van der Waals surface area contributed by atoms with Crippen molar-refractivity contribution in [2.45, 2.75) is 19.9 Å². The number of anilines is 2. The van der Waals surface area contributed by atoms with Crippen molar-refractivity contribution in [2.24, 2.45) is 0 Å². The summed E-state index contributed by atoms with van der Waals surface area (Å²) < 4.78 is 0. The molecule has 0 spiro atoms. The van der Waals surface area contributed by atoms with Crippen LogP contribution in [0.3, 0.4) is 0 Å². The molecule has 1 atom stereocenters. The molecule has 0 radical (unpaired) electrons. The first-order valence-electron chi connectivity index (χ1n) is 9.59. The zero-order valence-electron chi connectivity index (χ0n) is 16.0. The van der Waals surface area contributed by atoms with Crippen LogP contribution in [0, 0.1) is 0 Å². The summed E-state index contributed by atoms with van der Waals surface area (Å²) in [6, 6.07) is 20.3. The molecular weight excluding hydrogens is 366 g/mol. The van der Waals surface area contributed by atoms with E-state index in [4.69, 9.17) is 4.98 Å². The number of para-hydroxylation sites is 1. The molecule has 1 aromatic heterocycles. The highest BCUT2D eigenvalue weighted by Crippen LogP contribution is 2.28. The van der Waals surface area contributed by atoms with Gasteiger partial charge in [-0.1, -0.05) is 48.5 Å². The highest BCUT2D eigenvalue weighted by molar-refractivity contribution is 7.14. The molecule has 4 rings (SSSR count). The molecule has 0 fully saturated rings. The summed E-state index contributed by atoms with van der Waals surface area (Å²) in [5.41, 5.74) is 4.68. The van der Waals surface area contributed by atoms with Crippen LogP contribution >= 0.6 is 11.3 Å². The predicted octanol–water partition coefficient (Wildman–Crippen LogP) is 3.70. The van der Waals surface area contributed by atoms with Gasteiger partial charge >= 0.3 is 0 Å². The third-order valence-electron chi connectivity index (χ3n) is 5.02. The summed E-state index contributed by atoms with van der Waals surface area (Å²) in [5, 5.41) is 2.82. The smallest absolute Gasteiger partial charge is 0.230 e. The number of carbonyl (C=O) groups is 1. The number of quaternary nitrogens is 1. The average Bonchev–Trinajstić information content (AvgIpc) is 3.17. The first kappa shape index (κ1) is 18.6. The number of aromatic nitrogens is 1. The normalized spacial score (nSPS) is 16.5. The largest absolute Gasteiger partial charge is 0.326 e. The second kappa shape index (κ2) is 8.50. The lowest BCUT2D eigenvalue weighted by atomic mass is 9.99. The molecule has 0 bridgehead atoms. The number of nitrogens with zero attached hydrogens (tertiary/aromatic N) is 2. The van der Waals surface area contributed by atoms with Gasteiger partial charge in [0.15, 0.2) is 5.13 Å². The molecule has 1 N–H and O–H groups in total. The molecule has 4 nitrogen and oxygen atoms in total. The summed E-state index contributed by atoms with van der Waals surface area (Å²) in [4.78, 5) is 20.1. The van der Waals surface area contributed by atoms with Gasteiger partial charge in [0.1, 0.15) is 12.2 Å². The van der Waals surface area contributed by atoms with Gasteiger partial charge in [-0.2, -0.15) is 0 Å². The van der Waals surface area contributed by atoms with Gasteiger partial charge in [-0.05, 0) is 29.3 Å². The van der Waals surface area contributed by atoms with Crippen molar-refractivity contribution in [1.29, 1.82) is 0 Å². The Morgan fingerprint density at radius 2 is 1.82 bits per heavy atom. The van der Waals surface area contributed by atoms with Gasteiger partial charge in [0.25, 0.3) is 0 Å². The molecule has 1 unspecified atom stereocenters. The number of carbonyl (C=O) groups excluding carboxylic acids is 1. The number of hydrogen-bond acceptors (Lipinski definition) is 3. The van der Waals surface area contributed by atoms with Crippen LogP contribution in [0.15, 0.2) is 72.1 Å². The Balaban J connectivity index is 1.44. The van der Waals surface area contributed by atoms with Crippen LogP contribution in [0.5, 0.6) is 0 Å². The van der Waals surface area contributed by atoms with E-state index in [0.717, 1.165) is 42.6 Å². The molecule has 0 saturated heterocycles. The summed E-state index contributed by atoms with van der Waals surface area (Å²) >= 11 is 1.53. The fourth-order valence-electron chi connectivity index (χ4n) is 3.60. The Hall–Kier alpha value is -2.76. The van der Waals surface area contributed by atoms with Crippen molar-refractivity contribution in [3.8, 4) is 0 Å². The van der Waals surface area contributed by atoms with Crippen molar-refractivity contribution >= 4 is 33.6 Å². The molecule has 2 heterocycles. The second-order valence-electron chi connectivity index (χ2n) is 7.04. The van der Waals surface area contributed by atoms with E-state index >= 15 is 0 Å². The average molecular weight is 391 g/mol. The number of rotatable bonds is 5. The Labute approximate surface area is 169 Å². The fourth-order valence-corrected chi connectivity index (χ4v) is 4.49. The number of nitrogens with one attached hydrogen (secondary N) is 1. The molecule has 2 aromatic carbocycles. The van der Waals surface area contributed by atoms with Gasteiger partial charge in [-0.15, -0.1) is 11.3 Å². The van der Waals surface area contributed by atoms with E-state index in [0.29, 0.717) is 0 Å². The molecule has 0 aliphatic carbocycles. The Morgan fingerprint density at radius 3 is 2.46 bits per heavy atom. The molecule has 5 heteroatoms. The van der Waals surface area contributed by atoms with Crippen LogP contribution in [0.1, 0.15) is 24.6 Å². The number of benzene rings is 2. The van der Waals surface area contributed by atoms with Gasteiger partial charge in [0.05, 0.1) is 18.8 Å². The van der Waals surface area contributed by atoms with Crippen molar-refractivity contribution in [3.05, 3.63) is 83.4 Å².